The van der Waals surface area contributed by atoms with Gasteiger partial charge in [-0.1, -0.05) is 46.5 Å². The van der Waals surface area contributed by atoms with Crippen molar-refractivity contribution in [2.24, 2.45) is 17.8 Å². The van der Waals surface area contributed by atoms with Crippen molar-refractivity contribution in [1.29, 1.82) is 0 Å². The van der Waals surface area contributed by atoms with Gasteiger partial charge in [0.2, 0.25) is 0 Å². The molecule has 0 amide bonds. The fourth-order valence-corrected chi connectivity index (χ4v) is 7.60. The number of nitrogens with zero attached hydrogens (tertiary/aromatic N) is 2. The largest absolute Gasteiger partial charge is 0.459 e. The van der Waals surface area contributed by atoms with Gasteiger partial charge in [-0.2, -0.15) is 0 Å². The number of esters is 2. The summed E-state index contributed by atoms with van der Waals surface area (Å²) in [6, 6.07) is 0. The van der Waals surface area contributed by atoms with Crippen LogP contribution in [-0.2, 0) is 19.1 Å². The van der Waals surface area contributed by atoms with Crippen LogP contribution in [0.2, 0.25) is 0 Å². The second kappa shape index (κ2) is 18.3. The van der Waals surface area contributed by atoms with Crippen molar-refractivity contribution in [2.75, 3.05) is 65.6 Å². The van der Waals surface area contributed by atoms with Gasteiger partial charge in [0, 0.05) is 0 Å². The second-order valence-electron chi connectivity index (χ2n) is 12.8. The third kappa shape index (κ3) is 11.3. The highest BCUT2D eigenvalue weighted by molar-refractivity contribution is 5.73. The third-order valence-corrected chi connectivity index (χ3v) is 10.1. The fraction of sp³-hybridized carbons (Fsp3) is 0.939. The Morgan fingerprint density at radius 3 is 1.62 bits per heavy atom. The fourth-order valence-electron chi connectivity index (χ4n) is 7.60. The number of carbonyl (C=O) groups excluding carboxylic acids is 2. The van der Waals surface area contributed by atoms with E-state index in [-0.39, 0.29) is 23.8 Å². The van der Waals surface area contributed by atoms with Crippen LogP contribution >= 0.6 is 0 Å². The lowest BCUT2D eigenvalue weighted by Crippen LogP contribution is -2.51. The first-order valence-electron chi connectivity index (χ1n) is 16.9. The van der Waals surface area contributed by atoms with E-state index in [0.29, 0.717) is 19.1 Å². The van der Waals surface area contributed by atoms with Gasteiger partial charge in [0.1, 0.15) is 26.3 Å². The zero-order chi connectivity index (χ0) is 28.6. The van der Waals surface area contributed by atoms with Crippen LogP contribution < -0.4 is 0 Å². The summed E-state index contributed by atoms with van der Waals surface area (Å²) in [5, 5.41) is 0. The Bertz CT molecular complexity index is 687. The van der Waals surface area contributed by atoms with Crippen molar-refractivity contribution in [3.63, 3.8) is 0 Å². The van der Waals surface area contributed by atoms with Crippen LogP contribution in [0.4, 0.5) is 0 Å². The maximum atomic E-state index is 13.0. The van der Waals surface area contributed by atoms with Gasteiger partial charge in [-0.25, -0.2) is 0 Å². The van der Waals surface area contributed by atoms with Crippen molar-refractivity contribution >= 4 is 11.9 Å². The number of hydrogen-bond acceptors (Lipinski definition) is 4. The summed E-state index contributed by atoms with van der Waals surface area (Å²) < 4.78 is 13.7. The molecule has 6 heteroatoms. The Hall–Kier alpha value is -1.14. The summed E-state index contributed by atoms with van der Waals surface area (Å²) in [5.41, 5.74) is 0. The number of ether oxygens (including phenoxy) is 2. The van der Waals surface area contributed by atoms with E-state index in [1.165, 1.54) is 58.0 Å². The van der Waals surface area contributed by atoms with Crippen molar-refractivity contribution in [2.45, 2.75) is 118 Å². The zero-order valence-electron chi connectivity index (χ0n) is 26.5. The van der Waals surface area contributed by atoms with Crippen LogP contribution in [-0.4, -0.2) is 86.5 Å². The maximum Gasteiger partial charge on any atom is 0.309 e. The molecule has 6 nitrogen and oxygen atoms in total. The maximum absolute atomic E-state index is 13.0. The molecule has 0 aliphatic heterocycles. The standard InChI is InChI=1S/C33H64N2O4/c1-6-20-34(9-4,21-7-2)24-26-39-33(37)31-19-13-15-29(28-31)16-14-23-35(10-5,22-8-3)25-27-38-32(36)30-17-11-12-18-30/h29-31H,6-28H2,1-5H3/q+2. The predicted octanol–water partition coefficient (Wildman–Crippen LogP) is 6.75. The van der Waals surface area contributed by atoms with E-state index in [4.69, 9.17) is 9.47 Å². The monoisotopic (exact) mass is 552 g/mol. The van der Waals surface area contributed by atoms with Crippen molar-refractivity contribution in [3.8, 4) is 0 Å². The predicted molar refractivity (Wildman–Crippen MR) is 160 cm³/mol. The quantitative estimate of drug-likeness (QED) is 0.124. The van der Waals surface area contributed by atoms with E-state index in [2.05, 4.69) is 34.6 Å². The molecule has 2 aliphatic rings. The van der Waals surface area contributed by atoms with Gasteiger partial charge in [0.25, 0.3) is 0 Å². The number of hydrogen-bond donors (Lipinski definition) is 0. The summed E-state index contributed by atoms with van der Waals surface area (Å²) in [4.78, 5) is 25.4. The molecule has 3 unspecified atom stereocenters. The van der Waals surface area contributed by atoms with Gasteiger partial charge in [-0.3, -0.25) is 9.59 Å². The molecule has 0 N–H and O–H groups in total. The first kappa shape index (κ1) is 34.1. The minimum absolute atomic E-state index is 0.0355. The molecule has 2 rings (SSSR count). The first-order chi connectivity index (χ1) is 18.9. The smallest absolute Gasteiger partial charge is 0.309 e. The molecular weight excluding hydrogens is 488 g/mol. The number of carbonyl (C=O) groups is 2. The van der Waals surface area contributed by atoms with Gasteiger partial charge >= 0.3 is 11.9 Å². The van der Waals surface area contributed by atoms with Crippen molar-refractivity contribution in [3.05, 3.63) is 0 Å². The van der Waals surface area contributed by atoms with E-state index in [1.807, 2.05) is 0 Å². The van der Waals surface area contributed by atoms with E-state index >= 15 is 0 Å². The lowest BCUT2D eigenvalue weighted by atomic mass is 9.79. The highest BCUT2D eigenvalue weighted by Gasteiger charge is 2.31. The molecule has 2 fully saturated rings. The molecule has 0 heterocycles. The normalized spacial score (nSPS) is 22.0. The molecule has 0 bridgehead atoms. The molecule has 0 aromatic carbocycles. The van der Waals surface area contributed by atoms with Crippen LogP contribution in [0.25, 0.3) is 0 Å². The van der Waals surface area contributed by atoms with Gasteiger partial charge in [-0.15, -0.1) is 0 Å². The Morgan fingerprint density at radius 1 is 0.615 bits per heavy atom. The van der Waals surface area contributed by atoms with Crippen molar-refractivity contribution < 1.29 is 28.0 Å². The topological polar surface area (TPSA) is 52.6 Å². The molecule has 0 spiro atoms. The third-order valence-electron chi connectivity index (χ3n) is 10.1. The Labute approximate surface area is 241 Å². The molecule has 39 heavy (non-hydrogen) atoms. The number of rotatable bonds is 20. The van der Waals surface area contributed by atoms with Crippen molar-refractivity contribution in [1.82, 2.24) is 0 Å². The highest BCUT2D eigenvalue weighted by Crippen LogP contribution is 2.33. The minimum atomic E-state index is 0.0355. The molecule has 0 aromatic rings. The lowest BCUT2D eigenvalue weighted by molar-refractivity contribution is -0.927. The molecule has 0 aromatic heterocycles. The molecule has 3 atom stereocenters. The summed E-state index contributed by atoms with van der Waals surface area (Å²) in [6.07, 6.45) is 14.6. The minimum Gasteiger partial charge on any atom is -0.459 e. The Morgan fingerprint density at radius 2 is 1.10 bits per heavy atom. The Balaban J connectivity index is 1.77. The number of likely N-dealkylation sites (N-methyl/N-ethyl adjacent to an activating group) is 2. The molecule has 2 aliphatic carbocycles. The van der Waals surface area contributed by atoms with Crippen LogP contribution in [0.5, 0.6) is 0 Å². The van der Waals surface area contributed by atoms with E-state index < -0.39 is 0 Å². The molecular formula is C33H64N2O4+2. The van der Waals surface area contributed by atoms with Gasteiger partial charge < -0.3 is 18.4 Å². The SMILES string of the molecule is CCC[N+](CC)(CCC)CCOC(=O)C1CCCC(CCC[N+](CC)(CCC)CCOC(=O)C2CCCC2)C1. The van der Waals surface area contributed by atoms with E-state index in [0.717, 1.165) is 86.8 Å². The summed E-state index contributed by atoms with van der Waals surface area (Å²) in [7, 11) is 0. The summed E-state index contributed by atoms with van der Waals surface area (Å²) >= 11 is 0. The van der Waals surface area contributed by atoms with Gasteiger partial charge in [0.15, 0.2) is 0 Å². The Kier molecular flexibility index (Phi) is 16.0. The van der Waals surface area contributed by atoms with Crippen LogP contribution in [0.3, 0.4) is 0 Å². The first-order valence-corrected chi connectivity index (χ1v) is 16.9. The lowest BCUT2D eigenvalue weighted by Gasteiger charge is -2.38. The van der Waals surface area contributed by atoms with E-state index in [9.17, 15) is 9.59 Å². The van der Waals surface area contributed by atoms with Gasteiger partial charge in [0.05, 0.1) is 51.1 Å². The zero-order valence-corrected chi connectivity index (χ0v) is 26.5. The molecule has 2 saturated carbocycles. The van der Waals surface area contributed by atoms with Crippen LogP contribution in [0, 0.1) is 17.8 Å². The average molecular weight is 553 g/mol. The average Bonchev–Trinajstić information content (AvgIpc) is 3.48. The molecule has 0 saturated heterocycles. The second-order valence-corrected chi connectivity index (χ2v) is 12.8. The van der Waals surface area contributed by atoms with Crippen LogP contribution in [0.1, 0.15) is 118 Å². The van der Waals surface area contributed by atoms with Gasteiger partial charge in [-0.05, 0) is 77.6 Å². The van der Waals surface area contributed by atoms with Crippen LogP contribution in [0.15, 0.2) is 0 Å². The molecule has 228 valence electrons. The highest BCUT2D eigenvalue weighted by atomic mass is 16.5. The summed E-state index contributed by atoms with van der Waals surface area (Å²) in [6.45, 7) is 21.1. The molecule has 0 radical (unpaired) electrons. The summed E-state index contributed by atoms with van der Waals surface area (Å²) in [5.74, 6) is 0.943. The van der Waals surface area contributed by atoms with E-state index in [1.54, 1.807) is 0 Å². The number of quaternary nitrogens is 2.